The molecule has 0 saturated carbocycles. The topological polar surface area (TPSA) is 60.9 Å². The van der Waals surface area contributed by atoms with E-state index in [0.29, 0.717) is 17.9 Å². The van der Waals surface area contributed by atoms with Gasteiger partial charge in [-0.15, -0.1) is 0 Å². The van der Waals surface area contributed by atoms with Crippen LogP contribution in [-0.2, 0) is 7.05 Å². The van der Waals surface area contributed by atoms with E-state index in [4.69, 9.17) is 5.73 Å². The van der Waals surface area contributed by atoms with Gasteiger partial charge in [-0.2, -0.15) is 0 Å². The molecule has 1 rings (SSSR count). The fraction of sp³-hybridized carbons (Fsp3) is 0.429. The first-order chi connectivity index (χ1) is 5.24. The van der Waals surface area contributed by atoms with E-state index in [2.05, 4.69) is 4.98 Å². The Labute approximate surface area is 66.0 Å². The maximum Gasteiger partial charge on any atom is 0.185 e. The fourth-order valence-corrected chi connectivity index (χ4v) is 0.614. The summed E-state index contributed by atoms with van der Waals surface area (Å²) in [4.78, 5) is 13.8. The SMILES string of the molecule is CC.Cn1cc(N)nc1C=O. The van der Waals surface area contributed by atoms with Gasteiger partial charge < -0.3 is 10.3 Å². The molecule has 0 spiro atoms. The highest BCUT2D eigenvalue weighted by Gasteiger charge is 1.97. The lowest BCUT2D eigenvalue weighted by Gasteiger charge is -1.85. The lowest BCUT2D eigenvalue weighted by Crippen LogP contribution is -1.92. The zero-order chi connectivity index (χ0) is 8.85. The zero-order valence-electron chi connectivity index (χ0n) is 7.03. The van der Waals surface area contributed by atoms with Crippen molar-refractivity contribution in [3.05, 3.63) is 12.0 Å². The van der Waals surface area contributed by atoms with Crippen LogP contribution in [0.15, 0.2) is 6.20 Å². The van der Waals surface area contributed by atoms with Gasteiger partial charge in [0.05, 0.1) is 0 Å². The molecule has 2 N–H and O–H groups in total. The summed E-state index contributed by atoms with van der Waals surface area (Å²) < 4.78 is 1.57. The van der Waals surface area contributed by atoms with E-state index in [1.54, 1.807) is 17.8 Å². The third kappa shape index (κ3) is 2.41. The summed E-state index contributed by atoms with van der Waals surface area (Å²) in [7, 11) is 1.72. The van der Waals surface area contributed by atoms with E-state index in [1.807, 2.05) is 13.8 Å². The number of aryl methyl sites for hydroxylation is 1. The van der Waals surface area contributed by atoms with Crippen molar-refractivity contribution in [1.29, 1.82) is 0 Å². The Kier molecular flexibility index (Phi) is 3.95. The van der Waals surface area contributed by atoms with Gasteiger partial charge in [0.25, 0.3) is 0 Å². The molecule has 0 unspecified atom stereocenters. The lowest BCUT2D eigenvalue weighted by molar-refractivity contribution is 0.111. The van der Waals surface area contributed by atoms with E-state index in [0.717, 1.165) is 0 Å². The number of hydrogen-bond acceptors (Lipinski definition) is 3. The van der Waals surface area contributed by atoms with Gasteiger partial charge in [0.15, 0.2) is 12.1 Å². The predicted molar refractivity (Wildman–Crippen MR) is 44.4 cm³/mol. The highest BCUT2D eigenvalue weighted by Crippen LogP contribution is 1.98. The molecule has 0 fully saturated rings. The Morgan fingerprint density at radius 1 is 1.64 bits per heavy atom. The van der Waals surface area contributed by atoms with E-state index < -0.39 is 0 Å². The number of carbonyl (C=O) groups is 1. The molecule has 0 amide bonds. The summed E-state index contributed by atoms with van der Waals surface area (Å²) >= 11 is 0. The van der Waals surface area contributed by atoms with Crippen LogP contribution in [0.25, 0.3) is 0 Å². The van der Waals surface area contributed by atoms with Gasteiger partial charge in [0.1, 0.15) is 5.82 Å². The van der Waals surface area contributed by atoms with Crippen molar-refractivity contribution >= 4 is 12.1 Å². The molecule has 1 aromatic heterocycles. The molecule has 0 atom stereocenters. The number of rotatable bonds is 1. The first-order valence-corrected chi connectivity index (χ1v) is 3.48. The molecule has 4 nitrogen and oxygen atoms in total. The van der Waals surface area contributed by atoms with Crippen LogP contribution in [0.4, 0.5) is 5.82 Å². The van der Waals surface area contributed by atoms with Crippen molar-refractivity contribution in [3.8, 4) is 0 Å². The van der Waals surface area contributed by atoms with Crippen molar-refractivity contribution in [2.45, 2.75) is 13.8 Å². The van der Waals surface area contributed by atoms with Gasteiger partial charge in [0.2, 0.25) is 0 Å². The lowest BCUT2D eigenvalue weighted by atomic mass is 10.7. The van der Waals surface area contributed by atoms with Gasteiger partial charge in [0, 0.05) is 13.2 Å². The summed E-state index contributed by atoms with van der Waals surface area (Å²) in [5.74, 6) is 0.729. The molecular formula is C7H13N3O. The molecule has 0 aliphatic heterocycles. The zero-order valence-corrected chi connectivity index (χ0v) is 7.03. The van der Waals surface area contributed by atoms with Crippen LogP contribution in [-0.4, -0.2) is 15.8 Å². The van der Waals surface area contributed by atoms with Gasteiger partial charge in [-0.25, -0.2) is 4.98 Å². The highest BCUT2D eigenvalue weighted by molar-refractivity contribution is 5.70. The Morgan fingerprint density at radius 2 is 2.18 bits per heavy atom. The number of aromatic nitrogens is 2. The van der Waals surface area contributed by atoms with Crippen LogP contribution < -0.4 is 5.73 Å². The average Bonchev–Trinajstić information content (AvgIpc) is 2.33. The third-order valence-corrected chi connectivity index (χ3v) is 1.04. The van der Waals surface area contributed by atoms with Crippen LogP contribution in [0.2, 0.25) is 0 Å². The second kappa shape index (κ2) is 4.49. The molecule has 0 radical (unpaired) electrons. The monoisotopic (exact) mass is 155 g/mol. The first kappa shape index (κ1) is 9.68. The molecule has 0 aliphatic carbocycles. The second-order valence-electron chi connectivity index (χ2n) is 1.75. The molecule has 0 bridgehead atoms. The van der Waals surface area contributed by atoms with E-state index in [1.165, 1.54) is 0 Å². The third-order valence-electron chi connectivity index (χ3n) is 1.04. The smallest absolute Gasteiger partial charge is 0.185 e. The Balaban J connectivity index is 0.000000461. The molecule has 62 valence electrons. The number of carbonyl (C=O) groups excluding carboxylic acids is 1. The first-order valence-electron chi connectivity index (χ1n) is 3.48. The summed E-state index contributed by atoms with van der Waals surface area (Å²) in [6.07, 6.45) is 2.25. The number of imidazole rings is 1. The summed E-state index contributed by atoms with van der Waals surface area (Å²) in [6.45, 7) is 4.00. The van der Waals surface area contributed by atoms with E-state index in [9.17, 15) is 4.79 Å². The largest absolute Gasteiger partial charge is 0.382 e. The number of anilines is 1. The van der Waals surface area contributed by atoms with Gasteiger partial charge >= 0.3 is 0 Å². The molecule has 0 saturated heterocycles. The minimum absolute atomic E-state index is 0.354. The van der Waals surface area contributed by atoms with Crippen LogP contribution in [0.1, 0.15) is 24.5 Å². The van der Waals surface area contributed by atoms with Gasteiger partial charge in [-0.05, 0) is 0 Å². The van der Waals surface area contributed by atoms with Crippen LogP contribution >= 0.6 is 0 Å². The number of aldehydes is 1. The quantitative estimate of drug-likeness (QED) is 0.611. The van der Waals surface area contributed by atoms with Crippen molar-refractivity contribution < 1.29 is 4.79 Å². The molecule has 1 heterocycles. The maximum absolute atomic E-state index is 10.1. The maximum atomic E-state index is 10.1. The predicted octanol–water partition coefficient (Wildman–Crippen LogP) is 0.841. The van der Waals surface area contributed by atoms with E-state index in [-0.39, 0.29) is 0 Å². The minimum atomic E-state index is 0.354. The average molecular weight is 155 g/mol. The van der Waals surface area contributed by atoms with E-state index >= 15 is 0 Å². The number of nitrogens with two attached hydrogens (primary N) is 1. The minimum Gasteiger partial charge on any atom is -0.382 e. The molecule has 1 aromatic rings. The number of nitrogen functional groups attached to an aromatic ring is 1. The Morgan fingerprint density at radius 3 is 2.36 bits per heavy atom. The fourth-order valence-electron chi connectivity index (χ4n) is 0.614. The van der Waals surface area contributed by atoms with Gasteiger partial charge in [-0.1, -0.05) is 13.8 Å². The number of hydrogen-bond donors (Lipinski definition) is 1. The van der Waals surface area contributed by atoms with Gasteiger partial charge in [-0.3, -0.25) is 4.79 Å². The number of nitrogens with zero attached hydrogens (tertiary/aromatic N) is 2. The summed E-state index contributed by atoms with van der Waals surface area (Å²) in [5, 5.41) is 0. The molecule has 0 aliphatic rings. The molecular weight excluding hydrogens is 142 g/mol. The second-order valence-corrected chi connectivity index (χ2v) is 1.75. The molecule has 4 heteroatoms. The van der Waals surface area contributed by atoms with Crippen molar-refractivity contribution in [2.24, 2.45) is 7.05 Å². The van der Waals surface area contributed by atoms with Crippen LogP contribution in [0.3, 0.4) is 0 Å². The molecule has 11 heavy (non-hydrogen) atoms. The summed E-state index contributed by atoms with van der Waals surface area (Å²) in [6, 6.07) is 0. The van der Waals surface area contributed by atoms with Crippen LogP contribution in [0.5, 0.6) is 0 Å². The van der Waals surface area contributed by atoms with Crippen molar-refractivity contribution in [2.75, 3.05) is 5.73 Å². The standard InChI is InChI=1S/C5H7N3O.C2H6/c1-8-2-4(6)7-5(8)3-9;1-2/h2-3H,6H2,1H3;1-2H3. The van der Waals surface area contributed by atoms with Crippen molar-refractivity contribution in [3.63, 3.8) is 0 Å². The highest BCUT2D eigenvalue weighted by atomic mass is 16.1. The Hall–Kier alpha value is -1.32. The summed E-state index contributed by atoms with van der Waals surface area (Å²) in [5.41, 5.74) is 5.26. The Bertz CT molecular complexity index is 230. The normalized spacial score (nSPS) is 8.27. The van der Waals surface area contributed by atoms with Crippen LogP contribution in [0, 0.1) is 0 Å². The van der Waals surface area contributed by atoms with Crippen molar-refractivity contribution in [1.82, 2.24) is 9.55 Å². The molecule has 0 aromatic carbocycles.